The van der Waals surface area contributed by atoms with Crippen molar-refractivity contribution in [3.8, 4) is 0 Å². The Bertz CT molecular complexity index is 864. The Morgan fingerprint density at radius 3 is 2.68 bits per heavy atom. The number of nitrogens with zero attached hydrogens (tertiary/aromatic N) is 2. The number of likely N-dealkylation sites (tertiary alicyclic amines) is 1. The van der Waals surface area contributed by atoms with Crippen molar-refractivity contribution in [1.82, 2.24) is 14.8 Å². The smallest absolute Gasteiger partial charge is 0.0491 e. The lowest BCUT2D eigenvalue weighted by Crippen LogP contribution is -2.37. The van der Waals surface area contributed by atoms with E-state index >= 15 is 0 Å². The first-order valence-corrected chi connectivity index (χ1v) is 9.76. The first-order valence-electron chi connectivity index (χ1n) is 9.76. The summed E-state index contributed by atoms with van der Waals surface area (Å²) in [6, 6.07) is 16.4. The molecule has 0 spiro atoms. The Balaban J connectivity index is 1.54. The van der Waals surface area contributed by atoms with Gasteiger partial charge < -0.3 is 9.88 Å². The monoisotopic (exact) mass is 335 g/mol. The van der Waals surface area contributed by atoms with E-state index in [2.05, 4.69) is 71.1 Å². The van der Waals surface area contributed by atoms with Crippen LogP contribution in [0.15, 0.2) is 42.5 Å². The molecule has 4 rings (SSSR count). The number of fused-ring (bicyclic) bond motifs is 3. The molecule has 1 N–H and O–H groups in total. The van der Waals surface area contributed by atoms with Crippen LogP contribution >= 0.6 is 0 Å². The minimum absolute atomic E-state index is 0.718. The third kappa shape index (κ3) is 3.07. The Kier molecular flexibility index (Phi) is 4.78. The van der Waals surface area contributed by atoms with Crippen LogP contribution in [0.2, 0.25) is 0 Å². The molecule has 1 saturated heterocycles. The zero-order chi connectivity index (χ0) is 17.2. The Morgan fingerprint density at radius 2 is 1.84 bits per heavy atom. The van der Waals surface area contributed by atoms with Crippen molar-refractivity contribution in [2.75, 3.05) is 19.6 Å². The van der Waals surface area contributed by atoms with Crippen LogP contribution in [-0.4, -0.2) is 35.1 Å². The van der Waals surface area contributed by atoms with E-state index in [4.69, 9.17) is 0 Å². The second-order valence-corrected chi connectivity index (χ2v) is 7.17. The Hall–Kier alpha value is -1.84. The molecule has 2 heterocycles. The average molecular weight is 335 g/mol. The molecule has 2 aromatic carbocycles. The molecule has 3 heteroatoms. The first-order chi connectivity index (χ1) is 12.3. The van der Waals surface area contributed by atoms with Crippen molar-refractivity contribution in [3.05, 3.63) is 48.0 Å². The van der Waals surface area contributed by atoms with Gasteiger partial charge in [0.15, 0.2) is 0 Å². The maximum Gasteiger partial charge on any atom is 0.0491 e. The van der Waals surface area contributed by atoms with E-state index in [-0.39, 0.29) is 0 Å². The molecule has 3 aromatic rings. The fourth-order valence-corrected chi connectivity index (χ4v) is 4.48. The van der Waals surface area contributed by atoms with Crippen LogP contribution < -0.4 is 5.32 Å². The van der Waals surface area contributed by atoms with Crippen LogP contribution in [-0.2, 0) is 13.1 Å². The van der Waals surface area contributed by atoms with Gasteiger partial charge in [0.25, 0.3) is 0 Å². The van der Waals surface area contributed by atoms with Crippen LogP contribution in [0.1, 0.15) is 32.3 Å². The molecule has 0 unspecified atom stereocenters. The lowest BCUT2D eigenvalue weighted by atomic mass is 10.1. The highest BCUT2D eigenvalue weighted by Crippen LogP contribution is 2.29. The van der Waals surface area contributed by atoms with Crippen LogP contribution in [0.3, 0.4) is 0 Å². The summed E-state index contributed by atoms with van der Waals surface area (Å²) >= 11 is 0. The molecule has 0 aliphatic carbocycles. The maximum absolute atomic E-state index is 3.69. The zero-order valence-electron chi connectivity index (χ0n) is 15.5. The molecule has 0 amide bonds. The van der Waals surface area contributed by atoms with Gasteiger partial charge in [0.1, 0.15) is 0 Å². The highest BCUT2D eigenvalue weighted by molar-refractivity contribution is 6.08. The summed E-state index contributed by atoms with van der Waals surface area (Å²) in [7, 11) is 0. The number of para-hydroxylation sites is 1. The van der Waals surface area contributed by atoms with Crippen LogP contribution in [0, 0.1) is 0 Å². The van der Waals surface area contributed by atoms with E-state index < -0.39 is 0 Å². The van der Waals surface area contributed by atoms with Gasteiger partial charge in [-0.15, -0.1) is 0 Å². The normalized spacial score (nSPS) is 18.6. The molecule has 1 atom stereocenters. The first kappa shape index (κ1) is 16.6. The second-order valence-electron chi connectivity index (χ2n) is 7.17. The maximum atomic E-state index is 3.69. The largest absolute Gasteiger partial charge is 0.341 e. The molecule has 0 bridgehead atoms. The van der Waals surface area contributed by atoms with Gasteiger partial charge in [-0.2, -0.15) is 0 Å². The van der Waals surface area contributed by atoms with Gasteiger partial charge in [0, 0.05) is 47.5 Å². The molecule has 1 aromatic heterocycles. The van der Waals surface area contributed by atoms with Gasteiger partial charge in [-0.1, -0.05) is 31.2 Å². The predicted molar refractivity (Wildman–Crippen MR) is 107 cm³/mol. The molecule has 1 fully saturated rings. The minimum atomic E-state index is 0.718. The van der Waals surface area contributed by atoms with Crippen LogP contribution in [0.4, 0.5) is 0 Å². The van der Waals surface area contributed by atoms with Crippen molar-refractivity contribution < 1.29 is 0 Å². The van der Waals surface area contributed by atoms with Crippen molar-refractivity contribution in [1.29, 1.82) is 0 Å². The molecule has 1 aliphatic rings. The van der Waals surface area contributed by atoms with Gasteiger partial charge in [0.2, 0.25) is 0 Å². The van der Waals surface area contributed by atoms with Crippen LogP contribution in [0.5, 0.6) is 0 Å². The van der Waals surface area contributed by atoms with E-state index in [0.29, 0.717) is 0 Å². The average Bonchev–Trinajstić information content (AvgIpc) is 3.23. The molecular weight excluding hydrogens is 306 g/mol. The molecule has 3 nitrogen and oxygen atoms in total. The number of nitrogens with one attached hydrogen (secondary N) is 1. The van der Waals surface area contributed by atoms with Crippen molar-refractivity contribution in [3.63, 3.8) is 0 Å². The number of aryl methyl sites for hydroxylation is 1. The summed E-state index contributed by atoms with van der Waals surface area (Å²) in [4.78, 5) is 2.60. The summed E-state index contributed by atoms with van der Waals surface area (Å²) in [5.41, 5.74) is 4.07. The lowest BCUT2D eigenvalue weighted by Gasteiger charge is -2.23. The summed E-state index contributed by atoms with van der Waals surface area (Å²) in [6.07, 6.45) is 2.69. The number of likely N-dealkylation sites (N-methyl/N-ethyl adjacent to an activating group) is 1. The third-order valence-electron chi connectivity index (χ3n) is 5.77. The number of benzene rings is 2. The Labute approximate surface area is 150 Å². The molecule has 25 heavy (non-hydrogen) atoms. The quantitative estimate of drug-likeness (QED) is 0.721. The second kappa shape index (κ2) is 7.19. The van der Waals surface area contributed by atoms with E-state index in [1.807, 2.05) is 0 Å². The van der Waals surface area contributed by atoms with E-state index in [1.165, 1.54) is 53.3 Å². The fraction of sp³-hybridized carbons (Fsp3) is 0.455. The third-order valence-corrected chi connectivity index (χ3v) is 5.77. The van der Waals surface area contributed by atoms with Gasteiger partial charge >= 0.3 is 0 Å². The van der Waals surface area contributed by atoms with E-state index in [1.54, 1.807) is 0 Å². The van der Waals surface area contributed by atoms with Gasteiger partial charge in [-0.25, -0.2) is 0 Å². The number of hydrogen-bond donors (Lipinski definition) is 1. The van der Waals surface area contributed by atoms with Gasteiger partial charge in [0.05, 0.1) is 0 Å². The van der Waals surface area contributed by atoms with E-state index in [0.717, 1.165) is 25.7 Å². The SMILES string of the molecule is CCN1CCC[C@@H]1CNCc1ccc2c(c1)c1ccccc1n2CC. The number of rotatable bonds is 6. The van der Waals surface area contributed by atoms with Crippen molar-refractivity contribution >= 4 is 21.8 Å². The van der Waals surface area contributed by atoms with Crippen molar-refractivity contribution in [2.45, 2.75) is 45.8 Å². The summed E-state index contributed by atoms with van der Waals surface area (Å²) < 4.78 is 2.42. The fourth-order valence-electron chi connectivity index (χ4n) is 4.48. The molecule has 0 saturated carbocycles. The van der Waals surface area contributed by atoms with Crippen LogP contribution in [0.25, 0.3) is 21.8 Å². The van der Waals surface area contributed by atoms with E-state index in [9.17, 15) is 0 Å². The van der Waals surface area contributed by atoms with Crippen molar-refractivity contribution in [2.24, 2.45) is 0 Å². The van der Waals surface area contributed by atoms with Gasteiger partial charge in [-0.05, 0) is 56.6 Å². The predicted octanol–water partition coefficient (Wildman–Crippen LogP) is 4.39. The number of aromatic nitrogens is 1. The highest BCUT2D eigenvalue weighted by atomic mass is 15.2. The molecular formula is C22H29N3. The highest BCUT2D eigenvalue weighted by Gasteiger charge is 2.22. The number of hydrogen-bond acceptors (Lipinski definition) is 2. The van der Waals surface area contributed by atoms with Gasteiger partial charge in [-0.3, -0.25) is 4.90 Å². The molecule has 0 radical (unpaired) electrons. The minimum Gasteiger partial charge on any atom is -0.341 e. The molecule has 1 aliphatic heterocycles. The summed E-state index contributed by atoms with van der Waals surface area (Å²) in [6.45, 7) is 10.0. The topological polar surface area (TPSA) is 20.2 Å². The standard InChI is InChI=1S/C22H29N3/c1-3-24-13-7-8-18(24)16-23-15-17-11-12-22-20(14-17)19-9-5-6-10-21(19)25(22)4-2/h5-6,9-12,14,18,23H,3-4,7-8,13,15-16H2,1-2H3/t18-/m1/s1. The lowest BCUT2D eigenvalue weighted by molar-refractivity contribution is 0.260. The Morgan fingerprint density at radius 1 is 1.00 bits per heavy atom. The molecule has 132 valence electrons. The summed E-state index contributed by atoms with van der Waals surface area (Å²) in [5.74, 6) is 0. The zero-order valence-corrected chi connectivity index (χ0v) is 15.5. The summed E-state index contributed by atoms with van der Waals surface area (Å²) in [5, 5.41) is 6.44.